The first-order valence-corrected chi connectivity index (χ1v) is 6.27. The van der Waals surface area contributed by atoms with Crippen LogP contribution in [0.4, 0.5) is 16.2 Å². The van der Waals surface area contributed by atoms with E-state index in [1.54, 1.807) is 0 Å². The Hall–Kier alpha value is -2.89. The average molecular weight is 288 g/mol. The lowest BCUT2D eigenvalue weighted by molar-refractivity contribution is 0.262. The zero-order valence-electron chi connectivity index (χ0n) is 11.6. The summed E-state index contributed by atoms with van der Waals surface area (Å²) in [7, 11) is 0. The molecule has 0 aliphatic rings. The first-order valence-electron chi connectivity index (χ1n) is 6.27. The van der Waals surface area contributed by atoms with Crippen molar-refractivity contribution in [3.05, 3.63) is 41.5 Å². The second-order valence-electron chi connectivity index (χ2n) is 4.76. The number of hydrogen-bond acceptors (Lipinski definition) is 4. The van der Waals surface area contributed by atoms with Crippen LogP contribution in [0.25, 0.3) is 0 Å². The number of carbonyl (C=O) groups is 1. The van der Waals surface area contributed by atoms with Crippen molar-refractivity contribution in [1.82, 2.24) is 0 Å². The molecule has 0 saturated carbocycles. The van der Waals surface area contributed by atoms with Crippen molar-refractivity contribution < 1.29 is 20.1 Å². The van der Waals surface area contributed by atoms with Gasteiger partial charge in [0.05, 0.1) is 5.69 Å². The molecular weight excluding hydrogens is 272 g/mol. The molecular formula is C15H16N2O4. The standard InChI is InChI=1S/C15H16N2O4/c1-8-3-4-9(2)11(5-8)17-15(21)16-10-6-12(18)14(20)13(19)7-10/h3-7,18-20H,1-2H3,(H2,16,17,21). The molecule has 0 aromatic heterocycles. The highest BCUT2D eigenvalue weighted by Gasteiger charge is 2.11. The van der Waals surface area contributed by atoms with Crippen molar-refractivity contribution >= 4 is 17.4 Å². The third-order valence-electron chi connectivity index (χ3n) is 2.97. The molecule has 2 aromatic carbocycles. The third-order valence-corrected chi connectivity index (χ3v) is 2.97. The summed E-state index contributed by atoms with van der Waals surface area (Å²) in [6, 6.07) is 7.42. The van der Waals surface area contributed by atoms with E-state index in [-0.39, 0.29) is 5.69 Å². The summed E-state index contributed by atoms with van der Waals surface area (Å²) in [4.78, 5) is 11.9. The van der Waals surface area contributed by atoms with Gasteiger partial charge in [-0.3, -0.25) is 0 Å². The van der Waals surface area contributed by atoms with Crippen LogP contribution in [-0.4, -0.2) is 21.4 Å². The van der Waals surface area contributed by atoms with E-state index < -0.39 is 23.3 Å². The van der Waals surface area contributed by atoms with Crippen molar-refractivity contribution in [1.29, 1.82) is 0 Å². The van der Waals surface area contributed by atoms with Gasteiger partial charge in [0.2, 0.25) is 0 Å². The Morgan fingerprint density at radius 1 is 0.952 bits per heavy atom. The van der Waals surface area contributed by atoms with E-state index in [2.05, 4.69) is 10.6 Å². The van der Waals surface area contributed by atoms with Crippen LogP contribution < -0.4 is 10.6 Å². The van der Waals surface area contributed by atoms with Gasteiger partial charge in [-0.05, 0) is 31.0 Å². The van der Waals surface area contributed by atoms with E-state index >= 15 is 0 Å². The lowest BCUT2D eigenvalue weighted by atomic mass is 10.1. The molecule has 6 nitrogen and oxygen atoms in total. The predicted octanol–water partition coefficient (Wildman–Crippen LogP) is 3.06. The third kappa shape index (κ3) is 3.36. The molecule has 0 radical (unpaired) electrons. The number of hydrogen-bond donors (Lipinski definition) is 5. The highest BCUT2D eigenvalue weighted by atomic mass is 16.3. The summed E-state index contributed by atoms with van der Waals surface area (Å²) in [6.45, 7) is 3.78. The van der Waals surface area contributed by atoms with Gasteiger partial charge in [-0.25, -0.2) is 4.79 Å². The second-order valence-corrected chi connectivity index (χ2v) is 4.76. The Labute approximate surface area is 121 Å². The fourth-order valence-electron chi connectivity index (χ4n) is 1.83. The number of urea groups is 1. The molecule has 2 rings (SSSR count). The van der Waals surface area contributed by atoms with Crippen LogP contribution in [0.15, 0.2) is 30.3 Å². The van der Waals surface area contributed by atoms with Crippen LogP contribution in [0.5, 0.6) is 17.2 Å². The molecule has 5 N–H and O–H groups in total. The van der Waals surface area contributed by atoms with Crippen LogP contribution >= 0.6 is 0 Å². The zero-order valence-corrected chi connectivity index (χ0v) is 11.6. The molecule has 2 amide bonds. The number of nitrogens with one attached hydrogen (secondary N) is 2. The normalized spacial score (nSPS) is 10.2. The molecule has 0 unspecified atom stereocenters. The maximum absolute atomic E-state index is 11.9. The van der Waals surface area contributed by atoms with E-state index in [0.717, 1.165) is 23.3 Å². The minimum atomic E-state index is -0.629. The predicted molar refractivity (Wildman–Crippen MR) is 80.0 cm³/mol. The van der Waals surface area contributed by atoms with E-state index in [0.29, 0.717) is 5.69 Å². The SMILES string of the molecule is Cc1ccc(C)c(NC(=O)Nc2cc(O)c(O)c(O)c2)c1. The van der Waals surface area contributed by atoms with Crippen LogP contribution in [0.1, 0.15) is 11.1 Å². The number of phenols is 3. The Kier molecular flexibility index (Phi) is 3.89. The van der Waals surface area contributed by atoms with Crippen molar-refractivity contribution in [2.75, 3.05) is 10.6 Å². The average Bonchev–Trinajstić information content (AvgIpc) is 2.40. The molecule has 0 bridgehead atoms. The molecule has 2 aromatic rings. The van der Waals surface area contributed by atoms with Crippen LogP contribution in [0.2, 0.25) is 0 Å². The molecule has 110 valence electrons. The number of anilines is 2. The summed E-state index contributed by atoms with van der Waals surface area (Å²) in [5.41, 5.74) is 2.74. The van der Waals surface area contributed by atoms with Crippen LogP contribution in [-0.2, 0) is 0 Å². The fourth-order valence-corrected chi connectivity index (χ4v) is 1.83. The maximum Gasteiger partial charge on any atom is 0.323 e. The number of aromatic hydroxyl groups is 3. The molecule has 0 aliphatic heterocycles. The highest BCUT2D eigenvalue weighted by molar-refractivity contribution is 6.00. The van der Waals surface area contributed by atoms with E-state index in [9.17, 15) is 20.1 Å². The first-order chi connectivity index (χ1) is 9.86. The van der Waals surface area contributed by atoms with Gasteiger partial charge in [0.1, 0.15) is 0 Å². The van der Waals surface area contributed by atoms with Gasteiger partial charge in [0, 0.05) is 17.8 Å². The Bertz CT molecular complexity index is 675. The van der Waals surface area contributed by atoms with Crippen LogP contribution in [0.3, 0.4) is 0 Å². The van der Waals surface area contributed by atoms with Crippen molar-refractivity contribution in [3.8, 4) is 17.2 Å². The first kappa shape index (κ1) is 14.5. The van der Waals surface area contributed by atoms with Gasteiger partial charge in [-0.1, -0.05) is 12.1 Å². The van der Waals surface area contributed by atoms with E-state index in [1.165, 1.54) is 0 Å². The van der Waals surface area contributed by atoms with Crippen molar-refractivity contribution in [3.63, 3.8) is 0 Å². The molecule has 6 heteroatoms. The van der Waals surface area contributed by atoms with E-state index in [1.807, 2.05) is 32.0 Å². The van der Waals surface area contributed by atoms with Crippen molar-refractivity contribution in [2.24, 2.45) is 0 Å². The molecule has 0 aliphatic carbocycles. The van der Waals surface area contributed by atoms with Gasteiger partial charge in [-0.2, -0.15) is 0 Å². The van der Waals surface area contributed by atoms with Crippen LogP contribution in [0, 0.1) is 13.8 Å². The minimum absolute atomic E-state index is 0.158. The zero-order chi connectivity index (χ0) is 15.6. The number of amides is 2. The summed E-state index contributed by atoms with van der Waals surface area (Å²) in [5.74, 6) is -1.66. The molecule has 0 atom stereocenters. The summed E-state index contributed by atoms with van der Waals surface area (Å²) in [5, 5.41) is 33.1. The minimum Gasteiger partial charge on any atom is -0.504 e. The second kappa shape index (κ2) is 5.62. The monoisotopic (exact) mass is 288 g/mol. The van der Waals surface area contributed by atoms with Gasteiger partial charge >= 0.3 is 6.03 Å². The molecule has 0 spiro atoms. The van der Waals surface area contributed by atoms with Gasteiger partial charge in [0.15, 0.2) is 17.2 Å². The molecule has 0 fully saturated rings. The number of carbonyl (C=O) groups excluding carboxylic acids is 1. The summed E-state index contributed by atoms with van der Waals surface area (Å²) < 4.78 is 0. The Balaban J connectivity index is 2.13. The Morgan fingerprint density at radius 3 is 2.19 bits per heavy atom. The lowest BCUT2D eigenvalue weighted by Crippen LogP contribution is -2.20. The van der Waals surface area contributed by atoms with Gasteiger partial charge in [0.25, 0.3) is 0 Å². The van der Waals surface area contributed by atoms with E-state index in [4.69, 9.17) is 0 Å². The van der Waals surface area contributed by atoms with Gasteiger partial charge < -0.3 is 26.0 Å². The number of phenolic OH excluding ortho intramolecular Hbond substituents is 3. The van der Waals surface area contributed by atoms with Gasteiger partial charge in [-0.15, -0.1) is 0 Å². The summed E-state index contributed by atoms with van der Waals surface area (Å²) >= 11 is 0. The fraction of sp³-hybridized carbons (Fsp3) is 0.133. The quantitative estimate of drug-likeness (QED) is 0.433. The molecule has 21 heavy (non-hydrogen) atoms. The maximum atomic E-state index is 11.9. The molecule has 0 heterocycles. The number of benzene rings is 2. The highest BCUT2D eigenvalue weighted by Crippen LogP contribution is 2.37. The smallest absolute Gasteiger partial charge is 0.323 e. The summed E-state index contributed by atoms with van der Waals surface area (Å²) in [6.07, 6.45) is 0. The number of rotatable bonds is 2. The van der Waals surface area contributed by atoms with Crippen molar-refractivity contribution in [2.45, 2.75) is 13.8 Å². The molecule has 0 saturated heterocycles. The largest absolute Gasteiger partial charge is 0.504 e. The Morgan fingerprint density at radius 2 is 1.57 bits per heavy atom. The number of aryl methyl sites for hydroxylation is 2. The topological polar surface area (TPSA) is 102 Å². The lowest BCUT2D eigenvalue weighted by Gasteiger charge is -2.11.